The van der Waals surface area contributed by atoms with E-state index in [1.54, 1.807) is 19.2 Å². The summed E-state index contributed by atoms with van der Waals surface area (Å²) in [5.74, 6) is -0.808. The summed E-state index contributed by atoms with van der Waals surface area (Å²) in [5, 5.41) is 6.13. The highest BCUT2D eigenvalue weighted by Crippen LogP contribution is 2.37. The monoisotopic (exact) mass is 539 g/mol. The lowest BCUT2D eigenvalue weighted by Gasteiger charge is -2.13. The van der Waals surface area contributed by atoms with E-state index in [0.717, 1.165) is 32.9 Å². The predicted octanol–water partition coefficient (Wildman–Crippen LogP) is 5.81. The first-order valence-electron chi connectivity index (χ1n) is 11.8. The largest absolute Gasteiger partial charge is 0.490 e. The Bertz CT molecular complexity index is 1360. The number of thiazole rings is 1. The Morgan fingerprint density at radius 1 is 0.974 bits per heavy atom. The third kappa shape index (κ3) is 7.17. The molecule has 4 rings (SSSR count). The summed E-state index contributed by atoms with van der Waals surface area (Å²) in [6, 6.07) is 16.5. The first-order valence-corrected chi connectivity index (χ1v) is 12.6. The van der Waals surface area contributed by atoms with E-state index in [9.17, 15) is 14.1 Å². The van der Waals surface area contributed by atoms with Gasteiger partial charge in [-0.15, -0.1) is 16.2 Å². The fourth-order valence-electron chi connectivity index (χ4n) is 3.49. The van der Waals surface area contributed by atoms with Gasteiger partial charge in [-0.05, 0) is 47.6 Å². The van der Waals surface area contributed by atoms with Crippen molar-refractivity contribution in [2.24, 2.45) is 5.18 Å². The number of ether oxygens (including phenoxy) is 4. The number of carbonyl (C=O) groups is 1. The van der Waals surface area contributed by atoms with Gasteiger partial charge in [0.2, 0.25) is 0 Å². The fourth-order valence-corrected chi connectivity index (χ4v) is 4.48. The highest BCUT2D eigenvalue weighted by atomic mass is 32.1. The molecule has 0 aliphatic rings. The van der Waals surface area contributed by atoms with Crippen molar-refractivity contribution in [3.8, 4) is 16.3 Å². The summed E-state index contributed by atoms with van der Waals surface area (Å²) >= 11 is 1.53. The average Bonchev–Trinajstić information content (AvgIpc) is 3.36. The van der Waals surface area contributed by atoms with E-state index < -0.39 is 17.4 Å². The second kappa shape index (κ2) is 13.7. The molecule has 1 aromatic heterocycles. The first kappa shape index (κ1) is 27.3. The molecule has 0 spiro atoms. The van der Waals surface area contributed by atoms with Gasteiger partial charge in [0.25, 0.3) is 5.91 Å². The Balaban J connectivity index is 1.48. The molecule has 198 valence electrons. The molecule has 0 aliphatic heterocycles. The van der Waals surface area contributed by atoms with E-state index in [-0.39, 0.29) is 12.2 Å². The van der Waals surface area contributed by atoms with Crippen LogP contribution in [0.3, 0.4) is 0 Å². The molecule has 1 amide bonds. The number of hydrogen-bond donors (Lipinski definition) is 1. The van der Waals surface area contributed by atoms with Gasteiger partial charge in [-0.2, -0.15) is 0 Å². The van der Waals surface area contributed by atoms with Crippen LogP contribution in [0.2, 0.25) is 0 Å². The molecule has 0 saturated heterocycles. The Morgan fingerprint density at radius 2 is 1.74 bits per heavy atom. The molecule has 3 aromatic carbocycles. The van der Waals surface area contributed by atoms with Gasteiger partial charge in [-0.25, -0.2) is 9.37 Å². The number of nitrogens with zero attached hydrogens (tertiary/aromatic N) is 2. The van der Waals surface area contributed by atoms with Gasteiger partial charge in [0.15, 0.2) is 5.82 Å². The van der Waals surface area contributed by atoms with Crippen LogP contribution >= 0.6 is 11.3 Å². The molecule has 9 nitrogen and oxygen atoms in total. The van der Waals surface area contributed by atoms with Gasteiger partial charge in [0, 0.05) is 24.4 Å². The number of anilines is 1. The number of halogens is 1. The van der Waals surface area contributed by atoms with Crippen LogP contribution in [0.5, 0.6) is 5.75 Å². The quantitative estimate of drug-likeness (QED) is 0.159. The van der Waals surface area contributed by atoms with E-state index in [4.69, 9.17) is 23.9 Å². The third-order valence-electron chi connectivity index (χ3n) is 5.36. The normalized spacial score (nSPS) is 11.0. The van der Waals surface area contributed by atoms with Crippen LogP contribution in [0, 0.1) is 10.7 Å². The molecule has 0 saturated carbocycles. The summed E-state index contributed by atoms with van der Waals surface area (Å²) in [7, 11) is 1.62. The van der Waals surface area contributed by atoms with E-state index >= 15 is 0 Å². The summed E-state index contributed by atoms with van der Waals surface area (Å²) in [6.07, 6.45) is 0. The molecule has 0 radical (unpaired) electrons. The highest BCUT2D eigenvalue weighted by Gasteiger charge is 2.15. The van der Waals surface area contributed by atoms with Crippen molar-refractivity contribution in [2.75, 3.05) is 52.1 Å². The number of carbonyl (C=O) groups excluding carboxylic acids is 1. The molecule has 1 heterocycles. The second-order valence-electron chi connectivity index (χ2n) is 7.98. The zero-order chi connectivity index (χ0) is 26.7. The topological polar surface area (TPSA) is 108 Å². The van der Waals surface area contributed by atoms with E-state index in [1.165, 1.54) is 17.4 Å². The fraction of sp³-hybridized carbons (Fsp3) is 0.259. The van der Waals surface area contributed by atoms with E-state index in [2.05, 4.69) is 10.5 Å². The van der Waals surface area contributed by atoms with Crippen LogP contribution in [0.4, 0.5) is 15.8 Å². The lowest BCUT2D eigenvalue weighted by molar-refractivity contribution is 0.0180. The maximum atomic E-state index is 13.6. The Kier molecular flexibility index (Phi) is 9.82. The molecule has 11 heteroatoms. The van der Waals surface area contributed by atoms with Crippen LogP contribution in [0.15, 0.2) is 65.8 Å². The molecule has 0 unspecified atom stereocenters. The number of nitrogens with one attached hydrogen (secondary N) is 1. The zero-order valence-electron chi connectivity index (χ0n) is 20.6. The molecule has 0 bridgehead atoms. The van der Waals surface area contributed by atoms with E-state index in [0.29, 0.717) is 44.5 Å². The number of rotatable bonds is 14. The maximum absolute atomic E-state index is 13.6. The molecular weight excluding hydrogens is 513 g/mol. The smallest absolute Gasteiger partial charge is 0.255 e. The molecule has 0 fully saturated rings. The summed E-state index contributed by atoms with van der Waals surface area (Å²) < 4.78 is 36.5. The summed E-state index contributed by atoms with van der Waals surface area (Å²) in [5.41, 5.74) is 1.76. The van der Waals surface area contributed by atoms with Crippen LogP contribution in [0.25, 0.3) is 20.8 Å². The minimum absolute atomic E-state index is 0.0971. The Hall–Kier alpha value is -3.77. The number of aromatic nitrogens is 1. The lowest BCUT2D eigenvalue weighted by Crippen LogP contribution is -2.13. The molecule has 0 atom stereocenters. The van der Waals surface area contributed by atoms with Gasteiger partial charge >= 0.3 is 0 Å². The number of methoxy groups -OCH3 is 1. The van der Waals surface area contributed by atoms with Gasteiger partial charge in [-0.1, -0.05) is 12.1 Å². The lowest BCUT2D eigenvalue weighted by atomic mass is 10.1. The van der Waals surface area contributed by atoms with Gasteiger partial charge in [0.05, 0.1) is 48.8 Å². The average molecular weight is 540 g/mol. The third-order valence-corrected chi connectivity index (χ3v) is 6.43. The number of amides is 1. The number of para-hydroxylation sites is 1. The number of fused-ring (bicyclic) bond motifs is 1. The Morgan fingerprint density at radius 3 is 2.50 bits per heavy atom. The number of hydrogen-bond acceptors (Lipinski definition) is 9. The second-order valence-corrected chi connectivity index (χ2v) is 9.01. The summed E-state index contributed by atoms with van der Waals surface area (Å²) in [4.78, 5) is 28.3. The number of benzene rings is 3. The minimum Gasteiger partial charge on any atom is -0.490 e. The van der Waals surface area contributed by atoms with Crippen molar-refractivity contribution in [3.63, 3.8) is 0 Å². The maximum Gasteiger partial charge on any atom is 0.255 e. The van der Waals surface area contributed by atoms with Crippen molar-refractivity contribution in [1.29, 1.82) is 0 Å². The molecular formula is C27H26FN3O6S. The van der Waals surface area contributed by atoms with Crippen LogP contribution in [0.1, 0.15) is 10.4 Å². The van der Waals surface area contributed by atoms with Gasteiger partial charge < -0.3 is 24.3 Å². The van der Waals surface area contributed by atoms with Crippen LogP contribution in [-0.2, 0) is 14.2 Å². The van der Waals surface area contributed by atoms with Gasteiger partial charge in [0.1, 0.15) is 23.1 Å². The standard InChI is InChI=1S/C27H26FN3O6S/c1-34-10-11-35-12-13-36-14-15-37-24-17-19(29-26(32)18-6-9-21(28)23(16-18)31-33)7-8-20(24)27-30-22-4-2-3-5-25(22)38-27/h2-9,16-17H,10-15H2,1H3,(H,29,32). The highest BCUT2D eigenvalue weighted by molar-refractivity contribution is 7.21. The minimum atomic E-state index is -0.795. The van der Waals surface area contributed by atoms with Crippen LogP contribution < -0.4 is 10.1 Å². The molecule has 0 aliphatic carbocycles. The first-order chi connectivity index (χ1) is 18.6. The van der Waals surface area contributed by atoms with Crippen molar-refractivity contribution in [1.82, 2.24) is 4.98 Å². The SMILES string of the molecule is COCCOCCOCCOc1cc(NC(=O)c2ccc(F)c(N=O)c2)ccc1-c1nc2ccccc2s1. The zero-order valence-corrected chi connectivity index (χ0v) is 21.5. The van der Waals surface area contributed by atoms with Crippen molar-refractivity contribution < 1.29 is 28.1 Å². The molecule has 38 heavy (non-hydrogen) atoms. The Labute approximate surface area is 222 Å². The van der Waals surface area contributed by atoms with E-state index in [1.807, 2.05) is 30.3 Å². The predicted molar refractivity (Wildman–Crippen MR) is 144 cm³/mol. The van der Waals surface area contributed by atoms with Gasteiger partial charge in [-0.3, -0.25) is 4.79 Å². The summed E-state index contributed by atoms with van der Waals surface area (Å²) in [6.45, 7) is 2.50. The molecule has 4 aromatic rings. The van der Waals surface area contributed by atoms with Crippen LogP contribution in [-0.4, -0.2) is 57.6 Å². The number of nitroso groups, excluding NO2 is 1. The van der Waals surface area contributed by atoms with Crippen molar-refractivity contribution >= 4 is 38.8 Å². The molecule has 1 N–H and O–H groups in total. The van der Waals surface area contributed by atoms with Crippen molar-refractivity contribution in [2.45, 2.75) is 0 Å². The van der Waals surface area contributed by atoms with Crippen molar-refractivity contribution in [3.05, 3.63) is 77.0 Å².